The highest BCUT2D eigenvalue weighted by atomic mass is 16.5. The van der Waals surface area contributed by atoms with Crippen molar-refractivity contribution in [1.29, 1.82) is 0 Å². The van der Waals surface area contributed by atoms with Gasteiger partial charge in [-0.15, -0.1) is 0 Å². The van der Waals surface area contributed by atoms with Crippen LogP contribution in [0.2, 0.25) is 0 Å². The fourth-order valence-electron chi connectivity index (χ4n) is 7.88. The summed E-state index contributed by atoms with van der Waals surface area (Å²) in [6.07, 6.45) is 7.26. The highest BCUT2D eigenvalue weighted by molar-refractivity contribution is 5.94. The van der Waals surface area contributed by atoms with Crippen molar-refractivity contribution in [1.82, 2.24) is 19.6 Å². The minimum absolute atomic E-state index is 0.0243. The molecule has 2 aliphatic heterocycles. The van der Waals surface area contributed by atoms with Crippen molar-refractivity contribution >= 4 is 29.4 Å². The molecule has 2 heterocycles. The van der Waals surface area contributed by atoms with Crippen molar-refractivity contribution in [3.05, 3.63) is 90.0 Å². The van der Waals surface area contributed by atoms with E-state index in [1.54, 1.807) is 23.9 Å². The van der Waals surface area contributed by atoms with E-state index in [1.165, 1.54) is 7.11 Å². The van der Waals surface area contributed by atoms with E-state index in [-0.39, 0.29) is 42.8 Å². The molecular formula is C46H63N5O6. The second-order valence-electron chi connectivity index (χ2n) is 15.7. The first-order valence-corrected chi connectivity index (χ1v) is 20.7. The summed E-state index contributed by atoms with van der Waals surface area (Å²) in [6.45, 7) is 6.39. The van der Waals surface area contributed by atoms with Crippen LogP contribution in [0, 0.1) is 5.92 Å². The molecule has 2 fully saturated rings. The summed E-state index contributed by atoms with van der Waals surface area (Å²) in [4.78, 5) is 60.7. The number of hydrogen-bond acceptors (Lipinski definition) is 8. The third kappa shape index (κ3) is 13.4. The van der Waals surface area contributed by atoms with Crippen molar-refractivity contribution < 1.29 is 28.7 Å². The summed E-state index contributed by atoms with van der Waals surface area (Å²) in [5, 5.41) is 0. The second-order valence-corrected chi connectivity index (χ2v) is 15.7. The SMILES string of the molecule is COCC(=O)N(C)CCCN(C)C(=O)c1ccc(N2CCC(CCCC(=O)N(C)CCN3CCC(OC(=O)Cc4ccccc4-c4ccccc4)CC3)CC2)cc1. The van der Waals surface area contributed by atoms with Crippen LogP contribution in [0.4, 0.5) is 5.69 Å². The minimum atomic E-state index is -0.178. The first kappa shape index (κ1) is 43.4. The quantitative estimate of drug-likeness (QED) is 0.136. The predicted octanol–water partition coefficient (Wildman–Crippen LogP) is 6.02. The molecular weight excluding hydrogens is 719 g/mol. The molecule has 0 saturated carbocycles. The van der Waals surface area contributed by atoms with E-state index in [4.69, 9.17) is 9.47 Å². The first-order chi connectivity index (χ1) is 27.6. The summed E-state index contributed by atoms with van der Waals surface area (Å²) in [5.74, 6) is 0.552. The molecule has 308 valence electrons. The molecule has 3 aromatic carbocycles. The van der Waals surface area contributed by atoms with E-state index in [1.807, 2.05) is 72.6 Å². The van der Waals surface area contributed by atoms with Gasteiger partial charge >= 0.3 is 5.97 Å². The Morgan fingerprint density at radius 2 is 1.35 bits per heavy atom. The molecule has 11 nitrogen and oxygen atoms in total. The van der Waals surface area contributed by atoms with Crippen molar-refractivity contribution in [2.24, 2.45) is 5.92 Å². The van der Waals surface area contributed by atoms with Gasteiger partial charge in [0.2, 0.25) is 11.8 Å². The van der Waals surface area contributed by atoms with Crippen LogP contribution in [0.5, 0.6) is 0 Å². The van der Waals surface area contributed by atoms with Crippen LogP contribution in [0.15, 0.2) is 78.9 Å². The van der Waals surface area contributed by atoms with Crippen LogP contribution in [0.3, 0.4) is 0 Å². The number of benzene rings is 3. The van der Waals surface area contributed by atoms with Gasteiger partial charge in [-0.2, -0.15) is 0 Å². The van der Waals surface area contributed by atoms with Crippen molar-refractivity contribution in [2.75, 3.05) is 92.1 Å². The zero-order valence-electron chi connectivity index (χ0n) is 34.6. The molecule has 0 unspecified atom stereocenters. The van der Waals surface area contributed by atoms with Crippen LogP contribution in [-0.4, -0.2) is 137 Å². The lowest BCUT2D eigenvalue weighted by Crippen LogP contribution is -2.42. The summed E-state index contributed by atoms with van der Waals surface area (Å²) < 4.78 is 10.8. The number of likely N-dealkylation sites (N-methyl/N-ethyl adjacent to an activating group) is 2. The number of hydrogen-bond donors (Lipinski definition) is 0. The first-order valence-electron chi connectivity index (χ1n) is 20.7. The highest BCUT2D eigenvalue weighted by Crippen LogP contribution is 2.28. The third-order valence-electron chi connectivity index (χ3n) is 11.6. The predicted molar refractivity (Wildman–Crippen MR) is 225 cm³/mol. The number of likely N-dealkylation sites (tertiary alicyclic amines) is 1. The van der Waals surface area contributed by atoms with Gasteiger partial charge in [-0.3, -0.25) is 19.2 Å². The Hall–Kier alpha value is -4.74. The Bertz CT molecular complexity index is 1720. The molecule has 0 bridgehead atoms. The zero-order valence-corrected chi connectivity index (χ0v) is 34.6. The number of amides is 3. The Morgan fingerprint density at radius 3 is 2.05 bits per heavy atom. The van der Waals surface area contributed by atoms with E-state index in [0.29, 0.717) is 44.0 Å². The van der Waals surface area contributed by atoms with Gasteiger partial charge in [-0.1, -0.05) is 54.6 Å². The van der Waals surface area contributed by atoms with Crippen LogP contribution in [0.1, 0.15) is 67.3 Å². The Morgan fingerprint density at radius 1 is 0.702 bits per heavy atom. The smallest absolute Gasteiger partial charge is 0.310 e. The fraction of sp³-hybridized carbons (Fsp3) is 0.522. The lowest BCUT2D eigenvalue weighted by atomic mass is 9.91. The average Bonchev–Trinajstić information content (AvgIpc) is 3.23. The maximum absolute atomic E-state index is 13.0. The molecule has 0 spiro atoms. The van der Waals surface area contributed by atoms with Crippen molar-refractivity contribution in [3.8, 4) is 11.1 Å². The maximum Gasteiger partial charge on any atom is 0.310 e. The van der Waals surface area contributed by atoms with E-state index < -0.39 is 0 Å². The molecule has 0 atom stereocenters. The molecule has 0 aliphatic carbocycles. The molecule has 0 N–H and O–H groups in total. The molecule has 57 heavy (non-hydrogen) atoms. The van der Waals surface area contributed by atoms with Crippen LogP contribution < -0.4 is 4.90 Å². The van der Waals surface area contributed by atoms with Gasteiger partial charge in [0.15, 0.2) is 0 Å². The lowest BCUT2D eigenvalue weighted by Gasteiger charge is -2.34. The van der Waals surface area contributed by atoms with E-state index in [2.05, 4.69) is 28.0 Å². The topological polar surface area (TPSA) is 103 Å². The van der Waals surface area contributed by atoms with Gasteiger partial charge in [0.05, 0.1) is 6.42 Å². The number of methoxy groups -OCH3 is 1. The van der Waals surface area contributed by atoms with Gasteiger partial charge in [-0.05, 0) is 91.8 Å². The zero-order chi connectivity index (χ0) is 40.6. The largest absolute Gasteiger partial charge is 0.462 e. The summed E-state index contributed by atoms with van der Waals surface area (Å²) in [6, 6.07) is 26.1. The summed E-state index contributed by atoms with van der Waals surface area (Å²) in [7, 11) is 6.96. The number of carbonyl (C=O) groups is 4. The Kier molecular flexibility index (Phi) is 16.9. The normalized spacial score (nSPS) is 15.3. The molecule has 2 saturated heterocycles. The van der Waals surface area contributed by atoms with Gasteiger partial charge in [0, 0.05) is 98.3 Å². The fourth-order valence-corrected chi connectivity index (χ4v) is 7.88. The van der Waals surface area contributed by atoms with E-state index in [0.717, 1.165) is 93.6 Å². The van der Waals surface area contributed by atoms with Crippen LogP contribution >= 0.6 is 0 Å². The van der Waals surface area contributed by atoms with Gasteiger partial charge < -0.3 is 34.0 Å². The molecule has 3 amide bonds. The van der Waals surface area contributed by atoms with Gasteiger partial charge in [-0.25, -0.2) is 0 Å². The lowest BCUT2D eigenvalue weighted by molar-refractivity contribution is -0.150. The van der Waals surface area contributed by atoms with Crippen molar-refractivity contribution in [3.63, 3.8) is 0 Å². The van der Waals surface area contributed by atoms with E-state index in [9.17, 15) is 19.2 Å². The Balaban J connectivity index is 0.919. The molecule has 0 aromatic heterocycles. The molecule has 11 heteroatoms. The summed E-state index contributed by atoms with van der Waals surface area (Å²) >= 11 is 0. The number of nitrogens with zero attached hydrogens (tertiary/aromatic N) is 5. The Labute approximate surface area is 339 Å². The number of carbonyl (C=O) groups excluding carboxylic acids is 4. The van der Waals surface area contributed by atoms with Crippen molar-refractivity contribution in [2.45, 2.75) is 63.9 Å². The van der Waals surface area contributed by atoms with Gasteiger partial charge in [0.25, 0.3) is 5.91 Å². The average molecular weight is 782 g/mol. The highest BCUT2D eigenvalue weighted by Gasteiger charge is 2.24. The standard InChI is InChI=1S/C46H63N5O6/c1-47(44(53)35-56-4)26-11-27-49(3)46(55)38-18-20-40(21-19-38)51-30-22-36(23-31-51)12-10-17-43(52)48(2)32-33-50-28-24-41(25-29-50)57-45(54)34-39-15-8-9-16-42(39)37-13-6-5-7-14-37/h5-9,13-16,18-21,36,41H,10-12,17,22-35H2,1-4H3. The maximum atomic E-state index is 13.0. The number of anilines is 1. The number of ether oxygens (including phenoxy) is 2. The van der Waals surface area contributed by atoms with Crippen LogP contribution in [-0.2, 0) is 30.3 Å². The molecule has 5 rings (SSSR count). The molecule has 0 radical (unpaired) electrons. The molecule has 2 aliphatic rings. The molecule has 3 aromatic rings. The third-order valence-corrected chi connectivity index (χ3v) is 11.6. The number of rotatable bonds is 19. The van der Waals surface area contributed by atoms with E-state index >= 15 is 0 Å². The summed E-state index contributed by atoms with van der Waals surface area (Å²) in [5.41, 5.74) is 4.94. The minimum Gasteiger partial charge on any atom is -0.462 e. The van der Waals surface area contributed by atoms with Gasteiger partial charge in [0.1, 0.15) is 12.7 Å². The number of esters is 1. The van der Waals surface area contributed by atoms with Crippen LogP contribution in [0.25, 0.3) is 11.1 Å². The number of piperidine rings is 2. The monoisotopic (exact) mass is 781 g/mol. The second kappa shape index (κ2) is 22.3.